The molecule has 148 valence electrons. The number of amides is 1. The van der Waals surface area contributed by atoms with Crippen molar-refractivity contribution in [3.63, 3.8) is 0 Å². The molecule has 0 unspecified atom stereocenters. The van der Waals surface area contributed by atoms with Crippen molar-refractivity contribution in [2.45, 2.75) is 18.2 Å². The highest BCUT2D eigenvalue weighted by Crippen LogP contribution is 2.23. The SMILES string of the molecule is COc1ccccc1CCNC(=O)COC(=O)c1ccccc1SCC(C)=O. The molecule has 0 atom stereocenters. The zero-order valence-electron chi connectivity index (χ0n) is 15.9. The summed E-state index contributed by atoms with van der Waals surface area (Å²) in [6, 6.07) is 14.4. The molecule has 0 bridgehead atoms. The number of hydrogen-bond donors (Lipinski definition) is 1. The lowest BCUT2D eigenvalue weighted by atomic mass is 10.1. The molecule has 6 nitrogen and oxygen atoms in total. The van der Waals surface area contributed by atoms with Gasteiger partial charge in [0.1, 0.15) is 11.5 Å². The molecule has 0 aliphatic carbocycles. The van der Waals surface area contributed by atoms with E-state index in [2.05, 4.69) is 5.32 Å². The van der Waals surface area contributed by atoms with Crippen molar-refractivity contribution in [3.8, 4) is 5.75 Å². The molecule has 0 saturated heterocycles. The molecule has 28 heavy (non-hydrogen) atoms. The van der Waals surface area contributed by atoms with E-state index < -0.39 is 5.97 Å². The molecule has 2 aromatic carbocycles. The monoisotopic (exact) mass is 401 g/mol. The molecule has 0 heterocycles. The maximum Gasteiger partial charge on any atom is 0.339 e. The standard InChI is InChI=1S/C21H23NO5S/c1-15(23)14-28-19-10-6-4-8-17(19)21(25)27-13-20(24)22-12-11-16-7-3-5-9-18(16)26-2/h3-10H,11-14H2,1-2H3,(H,22,24). The van der Waals surface area contributed by atoms with Gasteiger partial charge in [-0.25, -0.2) is 4.79 Å². The molecule has 0 fully saturated rings. The molecule has 0 radical (unpaired) electrons. The lowest BCUT2D eigenvalue weighted by Gasteiger charge is -2.10. The molecule has 1 amide bonds. The van der Waals surface area contributed by atoms with Gasteiger partial charge in [0.05, 0.1) is 18.4 Å². The number of ether oxygens (including phenoxy) is 2. The molecule has 2 aromatic rings. The summed E-state index contributed by atoms with van der Waals surface area (Å²) < 4.78 is 10.4. The fourth-order valence-corrected chi connectivity index (χ4v) is 3.29. The Morgan fingerprint density at radius 3 is 2.50 bits per heavy atom. The number of benzene rings is 2. The van der Waals surface area contributed by atoms with Crippen molar-refractivity contribution in [1.82, 2.24) is 5.32 Å². The van der Waals surface area contributed by atoms with Gasteiger partial charge in [-0.3, -0.25) is 9.59 Å². The average Bonchev–Trinajstić information content (AvgIpc) is 2.71. The summed E-state index contributed by atoms with van der Waals surface area (Å²) in [5, 5.41) is 2.72. The fraction of sp³-hybridized carbons (Fsp3) is 0.286. The van der Waals surface area contributed by atoms with E-state index in [-0.39, 0.29) is 24.1 Å². The number of thioether (sulfide) groups is 1. The number of ketones is 1. The van der Waals surface area contributed by atoms with Gasteiger partial charge in [-0.15, -0.1) is 11.8 Å². The number of esters is 1. The third-order valence-corrected chi connectivity index (χ3v) is 5.00. The summed E-state index contributed by atoms with van der Waals surface area (Å²) in [4.78, 5) is 36.0. The topological polar surface area (TPSA) is 81.7 Å². The first-order valence-electron chi connectivity index (χ1n) is 8.78. The van der Waals surface area contributed by atoms with Crippen LogP contribution in [0.4, 0.5) is 0 Å². The number of hydrogen-bond acceptors (Lipinski definition) is 6. The Morgan fingerprint density at radius 1 is 1.04 bits per heavy atom. The average molecular weight is 401 g/mol. The molecule has 0 aliphatic rings. The van der Waals surface area contributed by atoms with Crippen LogP contribution in [0, 0.1) is 0 Å². The zero-order valence-corrected chi connectivity index (χ0v) is 16.7. The Hall–Kier alpha value is -2.80. The lowest BCUT2D eigenvalue weighted by molar-refractivity contribution is -0.124. The van der Waals surface area contributed by atoms with Gasteiger partial charge in [0, 0.05) is 11.4 Å². The number of methoxy groups -OCH3 is 1. The third kappa shape index (κ3) is 6.74. The van der Waals surface area contributed by atoms with Gasteiger partial charge >= 0.3 is 5.97 Å². The summed E-state index contributed by atoms with van der Waals surface area (Å²) in [6.45, 7) is 1.53. The van der Waals surface area contributed by atoms with E-state index in [9.17, 15) is 14.4 Å². The van der Waals surface area contributed by atoms with Gasteiger partial charge in [-0.05, 0) is 37.1 Å². The van der Waals surface area contributed by atoms with E-state index in [1.165, 1.54) is 18.7 Å². The summed E-state index contributed by atoms with van der Waals surface area (Å²) in [5.41, 5.74) is 1.33. The molecule has 0 saturated carbocycles. The Bertz CT molecular complexity index is 837. The Kier molecular flexibility index (Phi) is 8.55. The third-order valence-electron chi connectivity index (χ3n) is 3.78. The van der Waals surface area contributed by atoms with E-state index in [4.69, 9.17) is 9.47 Å². The van der Waals surface area contributed by atoms with Crippen molar-refractivity contribution >= 4 is 29.4 Å². The summed E-state index contributed by atoms with van der Waals surface area (Å²) in [6.07, 6.45) is 0.605. The number of Topliss-reactive ketones (excluding diaryl/α,β-unsaturated/α-hetero) is 1. The smallest absolute Gasteiger partial charge is 0.339 e. The normalized spacial score (nSPS) is 10.2. The van der Waals surface area contributed by atoms with Gasteiger partial charge < -0.3 is 14.8 Å². The fourth-order valence-electron chi connectivity index (χ4n) is 2.45. The summed E-state index contributed by atoms with van der Waals surface area (Å²) in [7, 11) is 1.60. The van der Waals surface area contributed by atoms with Crippen LogP contribution in [0.25, 0.3) is 0 Å². The molecular formula is C21H23NO5S. The largest absolute Gasteiger partial charge is 0.496 e. The predicted molar refractivity (Wildman–Crippen MR) is 108 cm³/mol. The maximum atomic E-state index is 12.3. The number of carbonyl (C=O) groups is 3. The minimum absolute atomic E-state index is 0.0163. The molecule has 0 aromatic heterocycles. The van der Waals surface area contributed by atoms with E-state index in [0.717, 1.165) is 11.3 Å². The first kappa shape index (κ1) is 21.5. The minimum Gasteiger partial charge on any atom is -0.496 e. The predicted octanol–water partition coefficient (Wildman–Crippen LogP) is 2.89. The van der Waals surface area contributed by atoms with Gasteiger partial charge in [0.2, 0.25) is 0 Å². The van der Waals surface area contributed by atoms with Crippen molar-refractivity contribution in [2.75, 3.05) is 26.0 Å². The van der Waals surface area contributed by atoms with E-state index in [1.54, 1.807) is 31.4 Å². The van der Waals surface area contributed by atoms with Crippen LogP contribution in [0.15, 0.2) is 53.4 Å². The molecule has 0 spiro atoms. The van der Waals surface area contributed by atoms with Crippen molar-refractivity contribution < 1.29 is 23.9 Å². The van der Waals surface area contributed by atoms with Crippen LogP contribution >= 0.6 is 11.8 Å². The van der Waals surface area contributed by atoms with Crippen molar-refractivity contribution in [2.24, 2.45) is 0 Å². The molecule has 7 heteroatoms. The van der Waals surface area contributed by atoms with Crippen LogP contribution in [0.2, 0.25) is 0 Å². The lowest BCUT2D eigenvalue weighted by Crippen LogP contribution is -2.30. The zero-order chi connectivity index (χ0) is 20.4. The van der Waals surface area contributed by atoms with Gasteiger partial charge in [-0.1, -0.05) is 30.3 Å². The maximum absolute atomic E-state index is 12.3. The van der Waals surface area contributed by atoms with Crippen LogP contribution < -0.4 is 10.1 Å². The number of para-hydroxylation sites is 1. The van der Waals surface area contributed by atoms with Crippen LogP contribution in [-0.2, 0) is 20.7 Å². The first-order chi connectivity index (χ1) is 13.5. The number of nitrogens with one attached hydrogen (secondary N) is 1. The Balaban J connectivity index is 1.81. The van der Waals surface area contributed by atoms with Gasteiger partial charge in [0.25, 0.3) is 5.91 Å². The van der Waals surface area contributed by atoms with Crippen LogP contribution in [0.5, 0.6) is 5.75 Å². The number of carbonyl (C=O) groups excluding carboxylic acids is 3. The molecular weight excluding hydrogens is 378 g/mol. The summed E-state index contributed by atoms with van der Waals surface area (Å²) in [5.74, 6) is 0.0855. The second-order valence-corrected chi connectivity index (χ2v) is 6.99. The Morgan fingerprint density at radius 2 is 1.75 bits per heavy atom. The minimum atomic E-state index is -0.591. The van der Waals surface area contributed by atoms with Crippen molar-refractivity contribution in [1.29, 1.82) is 0 Å². The van der Waals surface area contributed by atoms with Crippen molar-refractivity contribution in [3.05, 3.63) is 59.7 Å². The highest BCUT2D eigenvalue weighted by molar-refractivity contribution is 8.00. The van der Waals surface area contributed by atoms with Crippen LogP contribution in [0.1, 0.15) is 22.8 Å². The molecule has 0 aliphatic heterocycles. The van der Waals surface area contributed by atoms with E-state index in [1.807, 2.05) is 24.3 Å². The van der Waals surface area contributed by atoms with E-state index >= 15 is 0 Å². The summed E-state index contributed by atoms with van der Waals surface area (Å²) >= 11 is 1.27. The first-order valence-corrected chi connectivity index (χ1v) is 9.76. The van der Waals surface area contributed by atoms with Gasteiger partial charge in [0.15, 0.2) is 6.61 Å². The highest BCUT2D eigenvalue weighted by atomic mass is 32.2. The van der Waals surface area contributed by atoms with Gasteiger partial charge in [-0.2, -0.15) is 0 Å². The second-order valence-electron chi connectivity index (χ2n) is 5.97. The Labute approximate surface area is 168 Å². The molecule has 2 rings (SSSR count). The highest BCUT2D eigenvalue weighted by Gasteiger charge is 2.15. The molecule has 1 N–H and O–H groups in total. The van der Waals surface area contributed by atoms with Crippen LogP contribution in [-0.4, -0.2) is 43.7 Å². The number of rotatable bonds is 10. The second kappa shape index (κ2) is 11.1. The van der Waals surface area contributed by atoms with Crippen LogP contribution in [0.3, 0.4) is 0 Å². The quantitative estimate of drug-likeness (QED) is 0.487. The van der Waals surface area contributed by atoms with E-state index in [0.29, 0.717) is 23.4 Å².